The second-order valence-corrected chi connectivity index (χ2v) is 6.52. The van der Waals surface area contributed by atoms with E-state index in [1.165, 1.54) is 17.5 Å². The molecule has 1 unspecified atom stereocenters. The zero-order valence-electron chi connectivity index (χ0n) is 15.0. The van der Waals surface area contributed by atoms with Crippen molar-refractivity contribution in [3.05, 3.63) is 72.6 Å². The van der Waals surface area contributed by atoms with E-state index in [1.807, 2.05) is 32.3 Å². The minimum absolute atomic E-state index is 0.296. The van der Waals surface area contributed by atoms with Gasteiger partial charge in [0.2, 0.25) is 0 Å². The molecule has 0 radical (unpaired) electrons. The van der Waals surface area contributed by atoms with Gasteiger partial charge in [0.05, 0.1) is 0 Å². The van der Waals surface area contributed by atoms with Crippen LogP contribution in [-0.4, -0.2) is 9.55 Å². The Balaban J connectivity index is 0.000000815. The van der Waals surface area contributed by atoms with Crippen LogP contribution in [0.25, 0.3) is 17.1 Å². The van der Waals surface area contributed by atoms with E-state index in [-0.39, 0.29) is 0 Å². The normalized spacial score (nSPS) is 21.8. The first-order valence-electron chi connectivity index (χ1n) is 8.89. The molecule has 2 atom stereocenters. The molecule has 0 saturated heterocycles. The van der Waals surface area contributed by atoms with Gasteiger partial charge < -0.3 is 0 Å². The molecule has 4 rings (SSSR count). The van der Waals surface area contributed by atoms with E-state index in [1.54, 1.807) is 0 Å². The van der Waals surface area contributed by atoms with Crippen molar-refractivity contribution >= 4 is 0 Å². The van der Waals surface area contributed by atoms with Gasteiger partial charge in [0.15, 0.2) is 0 Å². The monoisotopic (exact) mass is 318 g/mol. The van der Waals surface area contributed by atoms with Gasteiger partial charge in [-0.25, -0.2) is 4.98 Å². The van der Waals surface area contributed by atoms with Crippen LogP contribution in [0, 0.1) is 5.92 Å². The van der Waals surface area contributed by atoms with E-state index in [0.29, 0.717) is 5.41 Å². The highest BCUT2D eigenvalue weighted by Crippen LogP contribution is 2.55. The van der Waals surface area contributed by atoms with Crippen LogP contribution in [-0.2, 0) is 5.41 Å². The van der Waals surface area contributed by atoms with Crippen LogP contribution in [0.15, 0.2) is 67.0 Å². The summed E-state index contributed by atoms with van der Waals surface area (Å²) in [6.45, 7) is 8.70. The molecule has 24 heavy (non-hydrogen) atoms. The van der Waals surface area contributed by atoms with Gasteiger partial charge in [-0.1, -0.05) is 70.2 Å². The molecule has 1 saturated carbocycles. The van der Waals surface area contributed by atoms with Gasteiger partial charge >= 0.3 is 0 Å². The molecule has 1 fully saturated rings. The maximum absolute atomic E-state index is 4.65. The average molecular weight is 318 g/mol. The molecule has 1 heterocycles. The van der Waals surface area contributed by atoms with Crippen molar-refractivity contribution in [3.8, 4) is 17.1 Å². The van der Waals surface area contributed by atoms with Crippen molar-refractivity contribution in [1.29, 1.82) is 0 Å². The highest BCUT2D eigenvalue weighted by Gasteiger charge is 2.49. The van der Waals surface area contributed by atoms with E-state index in [9.17, 15) is 0 Å². The summed E-state index contributed by atoms with van der Waals surface area (Å²) >= 11 is 0. The highest BCUT2D eigenvalue weighted by molar-refractivity contribution is 5.66. The van der Waals surface area contributed by atoms with Gasteiger partial charge in [-0.15, -0.1) is 0 Å². The van der Waals surface area contributed by atoms with Crippen molar-refractivity contribution < 1.29 is 0 Å². The fraction of sp³-hybridized carbons (Fsp3) is 0.318. The van der Waals surface area contributed by atoms with Gasteiger partial charge in [-0.05, 0) is 35.4 Å². The second kappa shape index (κ2) is 6.64. The number of para-hydroxylation sites is 1. The first-order chi connectivity index (χ1) is 11.7. The maximum Gasteiger partial charge on any atom is 0.144 e. The quantitative estimate of drug-likeness (QED) is 0.591. The number of hydrogen-bond acceptors (Lipinski definition) is 1. The average Bonchev–Trinajstić information content (AvgIpc) is 3.04. The first-order valence-corrected chi connectivity index (χ1v) is 8.89. The lowest BCUT2D eigenvalue weighted by Gasteiger charge is -2.17. The predicted molar refractivity (Wildman–Crippen MR) is 101 cm³/mol. The van der Waals surface area contributed by atoms with E-state index in [0.717, 1.165) is 17.4 Å². The Morgan fingerprint density at radius 1 is 1.00 bits per heavy atom. The lowest BCUT2D eigenvalue weighted by atomic mass is 9.91. The number of imidazole rings is 1. The predicted octanol–water partition coefficient (Wildman–Crippen LogP) is 5.86. The van der Waals surface area contributed by atoms with Gasteiger partial charge in [0.1, 0.15) is 5.82 Å². The number of hydrogen-bond donors (Lipinski definition) is 0. The molecular formula is C22H26N2. The Bertz CT molecular complexity index is 804. The summed E-state index contributed by atoms with van der Waals surface area (Å²) in [7, 11) is 0. The van der Waals surface area contributed by atoms with Crippen LogP contribution in [0.3, 0.4) is 0 Å². The number of rotatable bonds is 3. The van der Waals surface area contributed by atoms with Crippen LogP contribution in [0.2, 0.25) is 0 Å². The fourth-order valence-electron chi connectivity index (χ4n) is 3.43. The minimum atomic E-state index is 0.296. The van der Waals surface area contributed by atoms with Crippen LogP contribution in [0.5, 0.6) is 0 Å². The largest absolute Gasteiger partial charge is 0.300 e. The zero-order chi connectivity index (χ0) is 17.2. The van der Waals surface area contributed by atoms with Crippen molar-refractivity contribution in [2.75, 3.05) is 0 Å². The molecule has 1 aliphatic rings. The smallest absolute Gasteiger partial charge is 0.144 e. The van der Waals surface area contributed by atoms with Crippen LogP contribution < -0.4 is 0 Å². The second-order valence-electron chi connectivity index (χ2n) is 6.52. The molecule has 3 aromatic rings. The molecule has 2 heteroatoms. The van der Waals surface area contributed by atoms with Gasteiger partial charge in [-0.3, -0.25) is 4.57 Å². The minimum Gasteiger partial charge on any atom is -0.300 e. The molecule has 0 N–H and O–H groups in total. The maximum atomic E-state index is 4.65. The Morgan fingerprint density at radius 2 is 1.62 bits per heavy atom. The van der Waals surface area contributed by atoms with Gasteiger partial charge in [0.25, 0.3) is 0 Å². The van der Waals surface area contributed by atoms with E-state index in [2.05, 4.69) is 71.9 Å². The third-order valence-electron chi connectivity index (χ3n) is 5.12. The molecule has 1 aliphatic carbocycles. The standard InChI is InChI=1S/C20H20N2.C2H6/c1-15-14-20(15,2)18-11-7-6-10-17(18)19-21-12-13-22(19)16-8-4-3-5-9-16;1-2/h3-13,15H,14H2,1-2H3;1-2H3/t15-,20?;/m1./s1. The Hall–Kier alpha value is -2.35. The van der Waals surface area contributed by atoms with Crippen molar-refractivity contribution in [2.24, 2.45) is 5.92 Å². The summed E-state index contributed by atoms with van der Waals surface area (Å²) in [6, 6.07) is 19.1. The lowest BCUT2D eigenvalue weighted by molar-refractivity contribution is 0.702. The first kappa shape index (κ1) is 16.5. The third-order valence-corrected chi connectivity index (χ3v) is 5.12. The molecule has 124 valence electrons. The van der Waals surface area contributed by atoms with Crippen LogP contribution >= 0.6 is 0 Å². The van der Waals surface area contributed by atoms with E-state index < -0.39 is 0 Å². The van der Waals surface area contributed by atoms with Gasteiger partial charge in [-0.2, -0.15) is 0 Å². The molecule has 0 amide bonds. The third kappa shape index (κ3) is 2.77. The van der Waals surface area contributed by atoms with E-state index >= 15 is 0 Å². The topological polar surface area (TPSA) is 17.8 Å². The molecule has 0 bridgehead atoms. The number of nitrogens with zero attached hydrogens (tertiary/aromatic N) is 2. The molecule has 0 spiro atoms. The zero-order valence-corrected chi connectivity index (χ0v) is 15.0. The number of aromatic nitrogens is 2. The lowest BCUT2D eigenvalue weighted by Crippen LogP contribution is -2.07. The Morgan fingerprint density at radius 3 is 2.29 bits per heavy atom. The van der Waals surface area contributed by atoms with Crippen molar-refractivity contribution in [3.63, 3.8) is 0 Å². The summed E-state index contributed by atoms with van der Waals surface area (Å²) in [4.78, 5) is 4.65. The summed E-state index contributed by atoms with van der Waals surface area (Å²) in [6.07, 6.45) is 5.19. The summed E-state index contributed by atoms with van der Waals surface area (Å²) in [5.74, 6) is 1.77. The molecular weight excluding hydrogens is 292 g/mol. The molecule has 0 aliphatic heterocycles. The Labute approximate surface area is 145 Å². The van der Waals surface area contributed by atoms with Crippen molar-refractivity contribution in [2.45, 2.75) is 39.5 Å². The summed E-state index contributed by atoms with van der Waals surface area (Å²) in [5.41, 5.74) is 4.12. The molecule has 1 aromatic heterocycles. The molecule has 2 aromatic carbocycles. The summed E-state index contributed by atoms with van der Waals surface area (Å²) in [5, 5.41) is 0. The summed E-state index contributed by atoms with van der Waals surface area (Å²) < 4.78 is 2.18. The fourth-order valence-corrected chi connectivity index (χ4v) is 3.43. The highest BCUT2D eigenvalue weighted by atomic mass is 15.1. The van der Waals surface area contributed by atoms with Crippen LogP contribution in [0.1, 0.15) is 39.7 Å². The number of benzene rings is 2. The van der Waals surface area contributed by atoms with Gasteiger partial charge in [0, 0.05) is 23.6 Å². The Kier molecular flexibility index (Phi) is 4.57. The molecule has 2 nitrogen and oxygen atoms in total. The van der Waals surface area contributed by atoms with E-state index in [4.69, 9.17) is 0 Å². The van der Waals surface area contributed by atoms with Crippen LogP contribution in [0.4, 0.5) is 0 Å². The van der Waals surface area contributed by atoms with Crippen molar-refractivity contribution in [1.82, 2.24) is 9.55 Å². The SMILES string of the molecule is CC.C[C@@H]1CC1(C)c1ccccc1-c1nccn1-c1ccccc1.